The van der Waals surface area contributed by atoms with E-state index in [0.717, 1.165) is 19.4 Å². The molecular weight excluding hydrogens is 240 g/mol. The molecule has 2 aliphatic rings. The van der Waals surface area contributed by atoms with E-state index < -0.39 is 0 Å². The number of carbonyl (C=O) groups excluding carboxylic acids is 1. The Balaban J connectivity index is 0.00000144. The number of carbonyl (C=O) groups is 1. The molecule has 17 heavy (non-hydrogen) atoms. The standard InChI is InChI=1S/C12H22N2O2.ClH/c15-12(11-6-3-7-13-11)14-8-9-16-10-4-1-2-5-10;/h10-11,13H,1-9H2,(H,14,15);1H. The van der Waals surface area contributed by atoms with Crippen molar-refractivity contribution in [3.05, 3.63) is 0 Å². The van der Waals surface area contributed by atoms with Gasteiger partial charge in [0.2, 0.25) is 5.91 Å². The van der Waals surface area contributed by atoms with Gasteiger partial charge in [0.25, 0.3) is 0 Å². The monoisotopic (exact) mass is 262 g/mol. The fourth-order valence-corrected chi connectivity index (χ4v) is 2.49. The third kappa shape index (κ3) is 4.82. The molecule has 1 saturated carbocycles. The van der Waals surface area contributed by atoms with E-state index >= 15 is 0 Å². The summed E-state index contributed by atoms with van der Waals surface area (Å²) in [5, 5.41) is 6.11. The van der Waals surface area contributed by atoms with Gasteiger partial charge in [-0.25, -0.2) is 0 Å². The Hall–Kier alpha value is -0.320. The molecule has 0 aromatic rings. The second kappa shape index (κ2) is 7.90. The van der Waals surface area contributed by atoms with Crippen LogP contribution in [0.4, 0.5) is 0 Å². The Morgan fingerprint density at radius 2 is 2.00 bits per heavy atom. The molecule has 100 valence electrons. The van der Waals surface area contributed by atoms with Gasteiger partial charge in [-0.1, -0.05) is 12.8 Å². The summed E-state index contributed by atoms with van der Waals surface area (Å²) >= 11 is 0. The smallest absolute Gasteiger partial charge is 0.237 e. The van der Waals surface area contributed by atoms with E-state index in [-0.39, 0.29) is 24.4 Å². The van der Waals surface area contributed by atoms with Gasteiger partial charge in [0.15, 0.2) is 0 Å². The SMILES string of the molecule is Cl.O=C(NCCOC1CCCC1)C1CCCN1. The lowest BCUT2D eigenvalue weighted by Crippen LogP contribution is -2.41. The van der Waals surface area contributed by atoms with E-state index in [2.05, 4.69) is 10.6 Å². The van der Waals surface area contributed by atoms with Crippen LogP contribution in [0.1, 0.15) is 38.5 Å². The highest BCUT2D eigenvalue weighted by atomic mass is 35.5. The molecule has 1 atom stereocenters. The number of hydrogen-bond donors (Lipinski definition) is 2. The van der Waals surface area contributed by atoms with Crippen LogP contribution in [0.25, 0.3) is 0 Å². The van der Waals surface area contributed by atoms with Crippen molar-refractivity contribution in [2.24, 2.45) is 0 Å². The molecule has 0 bridgehead atoms. The quantitative estimate of drug-likeness (QED) is 0.733. The van der Waals surface area contributed by atoms with Crippen LogP contribution in [0, 0.1) is 0 Å². The van der Waals surface area contributed by atoms with Crippen molar-refractivity contribution >= 4 is 18.3 Å². The Morgan fingerprint density at radius 1 is 1.24 bits per heavy atom. The van der Waals surface area contributed by atoms with Crippen molar-refractivity contribution in [2.75, 3.05) is 19.7 Å². The topological polar surface area (TPSA) is 50.4 Å². The summed E-state index contributed by atoms with van der Waals surface area (Å²) in [7, 11) is 0. The Bertz CT molecular complexity index is 227. The highest BCUT2D eigenvalue weighted by Crippen LogP contribution is 2.20. The first-order valence-corrected chi connectivity index (χ1v) is 6.49. The summed E-state index contributed by atoms with van der Waals surface area (Å²) in [4.78, 5) is 11.6. The van der Waals surface area contributed by atoms with Crippen LogP contribution in [0.2, 0.25) is 0 Å². The minimum Gasteiger partial charge on any atom is -0.376 e. The van der Waals surface area contributed by atoms with E-state index in [1.807, 2.05) is 0 Å². The van der Waals surface area contributed by atoms with E-state index in [1.165, 1.54) is 25.7 Å². The van der Waals surface area contributed by atoms with Crippen LogP contribution in [-0.4, -0.2) is 37.7 Å². The molecule has 0 aromatic heterocycles. The Kier molecular flexibility index (Phi) is 6.85. The highest BCUT2D eigenvalue weighted by Gasteiger charge is 2.21. The van der Waals surface area contributed by atoms with Crippen LogP contribution in [0.5, 0.6) is 0 Å². The molecule has 1 unspecified atom stereocenters. The summed E-state index contributed by atoms with van der Waals surface area (Å²) in [5.41, 5.74) is 0. The van der Waals surface area contributed by atoms with E-state index in [4.69, 9.17) is 4.74 Å². The number of rotatable bonds is 5. The largest absolute Gasteiger partial charge is 0.376 e. The normalized spacial score (nSPS) is 24.6. The number of hydrogen-bond acceptors (Lipinski definition) is 3. The summed E-state index contributed by atoms with van der Waals surface area (Å²) in [6, 6.07) is 0.0338. The van der Waals surface area contributed by atoms with Crippen LogP contribution in [0.3, 0.4) is 0 Å². The lowest BCUT2D eigenvalue weighted by atomic mass is 10.2. The minimum absolute atomic E-state index is 0. The van der Waals surface area contributed by atoms with Crippen molar-refractivity contribution in [3.63, 3.8) is 0 Å². The van der Waals surface area contributed by atoms with Gasteiger partial charge in [0.05, 0.1) is 18.8 Å². The molecular formula is C12H23ClN2O2. The van der Waals surface area contributed by atoms with Crippen LogP contribution in [-0.2, 0) is 9.53 Å². The molecule has 0 radical (unpaired) electrons. The molecule has 4 nitrogen and oxygen atoms in total. The fraction of sp³-hybridized carbons (Fsp3) is 0.917. The van der Waals surface area contributed by atoms with Crippen LogP contribution < -0.4 is 10.6 Å². The maximum absolute atomic E-state index is 11.6. The van der Waals surface area contributed by atoms with Gasteiger partial charge in [-0.15, -0.1) is 12.4 Å². The fourth-order valence-electron chi connectivity index (χ4n) is 2.49. The first-order valence-electron chi connectivity index (χ1n) is 6.49. The van der Waals surface area contributed by atoms with Crippen molar-refractivity contribution in [1.29, 1.82) is 0 Å². The number of halogens is 1. The van der Waals surface area contributed by atoms with Crippen molar-refractivity contribution in [1.82, 2.24) is 10.6 Å². The summed E-state index contributed by atoms with van der Waals surface area (Å²) in [6.45, 7) is 2.27. The van der Waals surface area contributed by atoms with Crippen LogP contribution >= 0.6 is 12.4 Å². The van der Waals surface area contributed by atoms with Crippen molar-refractivity contribution in [2.45, 2.75) is 50.7 Å². The molecule has 1 amide bonds. The first-order chi connectivity index (χ1) is 7.86. The predicted octanol–water partition coefficient (Wildman–Crippen LogP) is 1.24. The van der Waals surface area contributed by atoms with Gasteiger partial charge in [-0.2, -0.15) is 0 Å². The molecule has 2 fully saturated rings. The molecule has 1 saturated heterocycles. The molecule has 2 N–H and O–H groups in total. The molecule has 0 spiro atoms. The first kappa shape index (κ1) is 14.7. The second-order valence-corrected chi connectivity index (χ2v) is 4.72. The summed E-state index contributed by atoms with van der Waals surface area (Å²) < 4.78 is 5.68. The van der Waals surface area contributed by atoms with Gasteiger partial charge >= 0.3 is 0 Å². The zero-order valence-corrected chi connectivity index (χ0v) is 11.1. The maximum Gasteiger partial charge on any atom is 0.237 e. The van der Waals surface area contributed by atoms with E-state index in [0.29, 0.717) is 19.3 Å². The van der Waals surface area contributed by atoms with Gasteiger partial charge in [0.1, 0.15) is 0 Å². The predicted molar refractivity (Wildman–Crippen MR) is 69.5 cm³/mol. The Morgan fingerprint density at radius 3 is 2.65 bits per heavy atom. The van der Waals surface area contributed by atoms with Gasteiger partial charge in [0, 0.05) is 6.54 Å². The lowest BCUT2D eigenvalue weighted by molar-refractivity contribution is -0.123. The van der Waals surface area contributed by atoms with Gasteiger partial charge in [-0.3, -0.25) is 4.79 Å². The number of ether oxygens (including phenoxy) is 1. The third-order valence-corrected chi connectivity index (χ3v) is 3.43. The lowest BCUT2D eigenvalue weighted by Gasteiger charge is -2.13. The van der Waals surface area contributed by atoms with E-state index in [9.17, 15) is 4.79 Å². The van der Waals surface area contributed by atoms with Crippen molar-refractivity contribution in [3.8, 4) is 0 Å². The molecule has 5 heteroatoms. The average Bonchev–Trinajstić information content (AvgIpc) is 2.96. The highest BCUT2D eigenvalue weighted by molar-refractivity contribution is 5.85. The molecule has 0 aromatic carbocycles. The number of amides is 1. The minimum atomic E-state index is 0. The van der Waals surface area contributed by atoms with Crippen molar-refractivity contribution < 1.29 is 9.53 Å². The van der Waals surface area contributed by atoms with Gasteiger partial charge in [-0.05, 0) is 32.2 Å². The third-order valence-electron chi connectivity index (χ3n) is 3.43. The average molecular weight is 263 g/mol. The second-order valence-electron chi connectivity index (χ2n) is 4.72. The number of nitrogens with one attached hydrogen (secondary N) is 2. The Labute approximate surface area is 109 Å². The molecule has 1 aliphatic carbocycles. The van der Waals surface area contributed by atoms with E-state index in [1.54, 1.807) is 0 Å². The zero-order valence-electron chi connectivity index (χ0n) is 10.2. The zero-order chi connectivity index (χ0) is 11.2. The summed E-state index contributed by atoms with van der Waals surface area (Å²) in [5.74, 6) is 0.132. The molecule has 1 aliphatic heterocycles. The molecule has 1 heterocycles. The van der Waals surface area contributed by atoms with Crippen LogP contribution in [0.15, 0.2) is 0 Å². The molecule has 2 rings (SSSR count). The summed E-state index contributed by atoms with van der Waals surface area (Å²) in [6.07, 6.45) is 7.50. The maximum atomic E-state index is 11.6. The van der Waals surface area contributed by atoms with Gasteiger partial charge < -0.3 is 15.4 Å².